The Kier molecular flexibility index (Phi) is 6.80. The molecule has 0 heterocycles. The molecule has 21 heavy (non-hydrogen) atoms. The van der Waals surface area contributed by atoms with Crippen molar-refractivity contribution in [3.8, 4) is 5.75 Å². The molecule has 112 valence electrons. The van der Waals surface area contributed by atoms with Crippen molar-refractivity contribution in [3.05, 3.63) is 62.2 Å². The van der Waals surface area contributed by atoms with Gasteiger partial charge >= 0.3 is 0 Å². The van der Waals surface area contributed by atoms with Crippen molar-refractivity contribution in [2.24, 2.45) is 0 Å². The van der Waals surface area contributed by atoms with Gasteiger partial charge in [0.05, 0.1) is 5.02 Å². The molecule has 0 fully saturated rings. The molecule has 4 heteroatoms. The lowest BCUT2D eigenvalue weighted by atomic mass is 10.2. The molecule has 0 aliphatic heterocycles. The Labute approximate surface area is 145 Å². The van der Waals surface area contributed by atoms with Crippen molar-refractivity contribution in [1.82, 2.24) is 5.32 Å². The molecular weight excluding hydrogens is 397 g/mol. The van der Waals surface area contributed by atoms with Crippen LogP contribution in [0.3, 0.4) is 0 Å². The fourth-order valence-corrected chi connectivity index (χ4v) is 2.60. The first kappa shape index (κ1) is 16.6. The monoisotopic (exact) mass is 415 g/mol. The van der Waals surface area contributed by atoms with E-state index < -0.39 is 0 Å². The van der Waals surface area contributed by atoms with E-state index in [0.717, 1.165) is 36.4 Å². The molecule has 0 radical (unpaired) electrons. The molecule has 2 aromatic rings. The predicted molar refractivity (Wildman–Crippen MR) is 96.9 cm³/mol. The fraction of sp³-hybridized carbons (Fsp3) is 0.294. The van der Waals surface area contributed by atoms with Gasteiger partial charge in [-0.1, -0.05) is 42.8 Å². The van der Waals surface area contributed by atoms with E-state index in [1.165, 1.54) is 3.57 Å². The first-order chi connectivity index (χ1) is 10.2. The highest BCUT2D eigenvalue weighted by Gasteiger charge is 2.08. The zero-order valence-electron chi connectivity index (χ0n) is 12.0. The third kappa shape index (κ3) is 5.16. The van der Waals surface area contributed by atoms with Gasteiger partial charge in [-0.15, -0.1) is 0 Å². The molecule has 0 bridgehead atoms. The summed E-state index contributed by atoms with van der Waals surface area (Å²) in [4.78, 5) is 0. The van der Waals surface area contributed by atoms with Crippen molar-refractivity contribution in [2.45, 2.75) is 26.5 Å². The van der Waals surface area contributed by atoms with Gasteiger partial charge < -0.3 is 10.1 Å². The number of rotatable bonds is 7. The van der Waals surface area contributed by atoms with Crippen LogP contribution >= 0.6 is 34.2 Å². The predicted octanol–water partition coefficient (Wildman–Crippen LogP) is 5.02. The van der Waals surface area contributed by atoms with Gasteiger partial charge in [0.25, 0.3) is 0 Å². The number of ether oxygens (including phenoxy) is 1. The summed E-state index contributed by atoms with van der Waals surface area (Å²) in [5.74, 6) is 0.779. The highest BCUT2D eigenvalue weighted by Crippen LogP contribution is 2.29. The second-order valence-electron chi connectivity index (χ2n) is 4.82. The van der Waals surface area contributed by atoms with Gasteiger partial charge in [0.1, 0.15) is 12.4 Å². The lowest BCUT2D eigenvalue weighted by Gasteiger charge is -2.14. The molecule has 0 unspecified atom stereocenters. The number of hydrogen-bond donors (Lipinski definition) is 1. The van der Waals surface area contributed by atoms with Gasteiger partial charge in [0.2, 0.25) is 0 Å². The number of nitrogens with one attached hydrogen (secondary N) is 1. The van der Waals surface area contributed by atoms with Crippen LogP contribution in [0.4, 0.5) is 0 Å². The van der Waals surface area contributed by atoms with Crippen molar-refractivity contribution in [1.29, 1.82) is 0 Å². The number of hydrogen-bond acceptors (Lipinski definition) is 2. The Morgan fingerprint density at radius 3 is 2.62 bits per heavy atom. The van der Waals surface area contributed by atoms with Crippen LogP contribution in [0.25, 0.3) is 0 Å². The Morgan fingerprint density at radius 1 is 1.14 bits per heavy atom. The van der Waals surface area contributed by atoms with Crippen LogP contribution in [0, 0.1) is 3.57 Å². The zero-order chi connectivity index (χ0) is 15.1. The van der Waals surface area contributed by atoms with E-state index in [4.69, 9.17) is 16.3 Å². The minimum absolute atomic E-state index is 0.529. The van der Waals surface area contributed by atoms with E-state index in [1.807, 2.05) is 12.1 Å². The molecule has 0 saturated heterocycles. The van der Waals surface area contributed by atoms with Crippen LogP contribution in [0.5, 0.6) is 5.75 Å². The second-order valence-corrected chi connectivity index (χ2v) is 6.47. The molecule has 0 aromatic heterocycles. The number of para-hydroxylation sites is 1. The highest BCUT2D eigenvalue weighted by atomic mass is 127. The molecule has 0 aliphatic carbocycles. The molecule has 2 nitrogen and oxygen atoms in total. The van der Waals surface area contributed by atoms with E-state index in [1.54, 1.807) is 0 Å². The fourth-order valence-electron chi connectivity index (χ4n) is 1.99. The van der Waals surface area contributed by atoms with E-state index >= 15 is 0 Å². The average Bonchev–Trinajstić information content (AvgIpc) is 2.48. The maximum Gasteiger partial charge on any atom is 0.142 e. The summed E-state index contributed by atoms with van der Waals surface area (Å²) < 4.78 is 7.17. The molecular formula is C17H19ClINO. The molecule has 1 N–H and O–H groups in total. The first-order valence-corrected chi connectivity index (χ1v) is 8.51. The lowest BCUT2D eigenvalue weighted by Crippen LogP contribution is -2.14. The van der Waals surface area contributed by atoms with Crippen LogP contribution in [0.15, 0.2) is 42.5 Å². The third-order valence-corrected chi connectivity index (χ3v) is 4.10. The summed E-state index contributed by atoms with van der Waals surface area (Å²) in [6.45, 7) is 4.44. The first-order valence-electron chi connectivity index (χ1n) is 7.06. The lowest BCUT2D eigenvalue weighted by molar-refractivity contribution is 0.302. The standard InChI is InChI=1S/C17H19ClINO/c1-2-10-20-11-14-4-3-5-16(18)17(14)21-12-13-6-8-15(19)9-7-13/h3-9,20H,2,10-12H2,1H3. The smallest absolute Gasteiger partial charge is 0.142 e. The summed E-state index contributed by atoms with van der Waals surface area (Å²) in [5, 5.41) is 4.05. The molecule has 0 saturated carbocycles. The quantitative estimate of drug-likeness (QED) is 0.506. The van der Waals surface area contributed by atoms with Gasteiger partial charge in [-0.2, -0.15) is 0 Å². The Hall–Kier alpha value is -0.780. The minimum atomic E-state index is 0.529. The molecule has 0 aliphatic rings. The van der Waals surface area contributed by atoms with Crippen molar-refractivity contribution < 1.29 is 4.74 Å². The maximum absolute atomic E-state index is 6.28. The normalized spacial score (nSPS) is 10.6. The molecule has 0 amide bonds. The summed E-state index contributed by atoms with van der Waals surface area (Å²) in [5.41, 5.74) is 2.24. The van der Waals surface area contributed by atoms with Crippen LogP contribution in [0.1, 0.15) is 24.5 Å². The van der Waals surface area contributed by atoms with Crippen LogP contribution in [0.2, 0.25) is 5.02 Å². The van der Waals surface area contributed by atoms with Gasteiger partial charge in [-0.3, -0.25) is 0 Å². The summed E-state index contributed by atoms with van der Waals surface area (Å²) in [6, 6.07) is 14.2. The SMILES string of the molecule is CCCNCc1cccc(Cl)c1OCc1ccc(I)cc1. The van der Waals surface area contributed by atoms with Gasteiger partial charge in [0.15, 0.2) is 0 Å². The Bertz CT molecular complexity index is 572. The molecule has 2 aromatic carbocycles. The summed E-state index contributed by atoms with van der Waals surface area (Å²) in [6.07, 6.45) is 1.11. The Morgan fingerprint density at radius 2 is 1.90 bits per heavy atom. The summed E-state index contributed by atoms with van der Waals surface area (Å²) >= 11 is 8.58. The van der Waals surface area contributed by atoms with E-state index in [9.17, 15) is 0 Å². The average molecular weight is 416 g/mol. The van der Waals surface area contributed by atoms with Gasteiger partial charge in [0, 0.05) is 15.7 Å². The molecule has 0 atom stereocenters. The van der Waals surface area contributed by atoms with E-state index in [0.29, 0.717) is 11.6 Å². The Balaban J connectivity index is 2.05. The van der Waals surface area contributed by atoms with E-state index in [2.05, 4.69) is 65.2 Å². The van der Waals surface area contributed by atoms with Crippen LogP contribution in [-0.4, -0.2) is 6.54 Å². The second kappa shape index (κ2) is 8.61. The van der Waals surface area contributed by atoms with Gasteiger partial charge in [-0.25, -0.2) is 0 Å². The number of halogens is 2. The topological polar surface area (TPSA) is 21.3 Å². The van der Waals surface area contributed by atoms with Crippen molar-refractivity contribution >= 4 is 34.2 Å². The molecule has 0 spiro atoms. The largest absolute Gasteiger partial charge is 0.487 e. The third-order valence-electron chi connectivity index (χ3n) is 3.09. The number of benzene rings is 2. The minimum Gasteiger partial charge on any atom is -0.487 e. The zero-order valence-corrected chi connectivity index (χ0v) is 14.9. The van der Waals surface area contributed by atoms with Crippen LogP contribution < -0.4 is 10.1 Å². The summed E-state index contributed by atoms with van der Waals surface area (Å²) in [7, 11) is 0. The highest BCUT2D eigenvalue weighted by molar-refractivity contribution is 14.1. The van der Waals surface area contributed by atoms with Crippen molar-refractivity contribution in [2.75, 3.05) is 6.54 Å². The maximum atomic E-state index is 6.28. The van der Waals surface area contributed by atoms with E-state index in [-0.39, 0.29) is 0 Å². The van der Waals surface area contributed by atoms with Crippen molar-refractivity contribution in [3.63, 3.8) is 0 Å². The van der Waals surface area contributed by atoms with Gasteiger partial charge in [-0.05, 0) is 59.3 Å². The molecule has 2 rings (SSSR count). The van der Waals surface area contributed by atoms with Crippen LogP contribution in [-0.2, 0) is 13.2 Å².